The van der Waals surface area contributed by atoms with Crippen LogP contribution in [0.5, 0.6) is 0 Å². The van der Waals surface area contributed by atoms with Gasteiger partial charge in [-0.3, -0.25) is 9.59 Å². The molecule has 1 aliphatic heterocycles. The number of carbonyl (C=O) groups is 2. The Hall–Kier alpha value is -1.05. The average Bonchev–Trinajstić information content (AvgIpc) is 3.03. The van der Waals surface area contributed by atoms with E-state index in [1.165, 1.54) is 11.8 Å². The molecule has 1 aliphatic rings. The zero-order chi connectivity index (χ0) is 16.7. The molecule has 1 fully saturated rings. The SMILES string of the molecule is Cc1cc(Br)ccc1SCC(=O)OCC(=O)NCC1CCCO1. The number of esters is 1. The van der Waals surface area contributed by atoms with E-state index in [9.17, 15) is 9.59 Å². The van der Waals surface area contributed by atoms with Crippen LogP contribution in [0.1, 0.15) is 18.4 Å². The first-order valence-corrected chi connectivity index (χ1v) is 9.25. The topological polar surface area (TPSA) is 64.6 Å². The van der Waals surface area contributed by atoms with Crippen LogP contribution in [-0.4, -0.2) is 43.5 Å². The standard InChI is InChI=1S/C16H20BrNO4S/c1-11-7-12(17)4-5-14(11)23-10-16(20)22-9-15(19)18-8-13-3-2-6-21-13/h4-5,7,13H,2-3,6,8-10H2,1H3,(H,18,19). The number of ether oxygens (including phenoxy) is 2. The number of amides is 1. The summed E-state index contributed by atoms with van der Waals surface area (Å²) in [5, 5.41) is 2.72. The number of benzene rings is 1. The Morgan fingerprint density at radius 2 is 2.30 bits per heavy atom. The first-order chi connectivity index (χ1) is 11.0. The third-order valence-electron chi connectivity index (χ3n) is 3.40. The molecule has 0 spiro atoms. The molecule has 0 saturated carbocycles. The Balaban J connectivity index is 1.63. The number of hydrogen-bond acceptors (Lipinski definition) is 5. The maximum atomic E-state index is 11.7. The number of carbonyl (C=O) groups excluding carboxylic acids is 2. The molecular formula is C16H20BrNO4S. The van der Waals surface area contributed by atoms with Crippen LogP contribution >= 0.6 is 27.7 Å². The molecule has 0 aliphatic carbocycles. The Bertz CT molecular complexity index is 561. The molecule has 1 atom stereocenters. The second-order valence-electron chi connectivity index (χ2n) is 5.30. The van der Waals surface area contributed by atoms with E-state index in [1.807, 2.05) is 25.1 Å². The van der Waals surface area contributed by atoms with Crippen LogP contribution in [0.25, 0.3) is 0 Å². The number of thioether (sulfide) groups is 1. The van der Waals surface area contributed by atoms with Crippen molar-refractivity contribution in [1.82, 2.24) is 5.32 Å². The minimum absolute atomic E-state index is 0.0885. The van der Waals surface area contributed by atoms with Gasteiger partial charge in [-0.1, -0.05) is 15.9 Å². The molecule has 1 saturated heterocycles. The monoisotopic (exact) mass is 401 g/mol. The molecule has 23 heavy (non-hydrogen) atoms. The summed E-state index contributed by atoms with van der Waals surface area (Å²) in [4.78, 5) is 24.3. The van der Waals surface area contributed by atoms with Crippen molar-refractivity contribution in [3.8, 4) is 0 Å². The fraction of sp³-hybridized carbons (Fsp3) is 0.500. The van der Waals surface area contributed by atoms with Crippen molar-refractivity contribution in [2.45, 2.75) is 30.8 Å². The highest BCUT2D eigenvalue weighted by molar-refractivity contribution is 9.10. The van der Waals surface area contributed by atoms with Crippen molar-refractivity contribution < 1.29 is 19.1 Å². The van der Waals surface area contributed by atoms with E-state index in [2.05, 4.69) is 21.2 Å². The molecule has 7 heteroatoms. The minimum Gasteiger partial charge on any atom is -0.455 e. The van der Waals surface area contributed by atoms with Crippen LogP contribution < -0.4 is 5.32 Å². The van der Waals surface area contributed by atoms with E-state index >= 15 is 0 Å². The fourth-order valence-electron chi connectivity index (χ4n) is 2.18. The lowest BCUT2D eigenvalue weighted by atomic mass is 10.2. The Kier molecular flexibility index (Phi) is 7.39. The van der Waals surface area contributed by atoms with Crippen molar-refractivity contribution in [3.63, 3.8) is 0 Å². The average molecular weight is 402 g/mol. The summed E-state index contributed by atoms with van der Waals surface area (Å²) < 4.78 is 11.4. The maximum absolute atomic E-state index is 11.7. The van der Waals surface area contributed by atoms with E-state index in [1.54, 1.807) is 0 Å². The number of nitrogens with one attached hydrogen (secondary N) is 1. The lowest BCUT2D eigenvalue weighted by Gasteiger charge is -2.11. The zero-order valence-corrected chi connectivity index (χ0v) is 15.4. The van der Waals surface area contributed by atoms with Gasteiger partial charge >= 0.3 is 5.97 Å². The summed E-state index contributed by atoms with van der Waals surface area (Å²) in [5.41, 5.74) is 1.09. The lowest BCUT2D eigenvalue weighted by molar-refractivity contribution is -0.146. The first kappa shape index (κ1) is 18.3. The highest BCUT2D eigenvalue weighted by Crippen LogP contribution is 2.25. The molecule has 1 N–H and O–H groups in total. The second kappa shape index (κ2) is 9.30. The van der Waals surface area contributed by atoms with Crippen molar-refractivity contribution in [2.75, 3.05) is 25.5 Å². The third-order valence-corrected chi connectivity index (χ3v) is 5.04. The van der Waals surface area contributed by atoms with Crippen LogP contribution in [-0.2, 0) is 19.1 Å². The van der Waals surface area contributed by atoms with E-state index in [4.69, 9.17) is 9.47 Å². The molecule has 2 rings (SSSR count). The van der Waals surface area contributed by atoms with Crippen molar-refractivity contribution in [2.24, 2.45) is 0 Å². The molecule has 1 amide bonds. The van der Waals surface area contributed by atoms with E-state index in [0.29, 0.717) is 6.54 Å². The van der Waals surface area contributed by atoms with E-state index in [-0.39, 0.29) is 24.4 Å². The number of rotatable bonds is 7. The largest absolute Gasteiger partial charge is 0.455 e. The van der Waals surface area contributed by atoms with Crippen LogP contribution in [0.4, 0.5) is 0 Å². The molecule has 0 radical (unpaired) electrons. The number of aryl methyl sites for hydroxylation is 1. The van der Waals surface area contributed by atoms with Crippen molar-refractivity contribution in [1.29, 1.82) is 0 Å². The van der Waals surface area contributed by atoms with Gasteiger partial charge in [0, 0.05) is 22.5 Å². The van der Waals surface area contributed by atoms with Gasteiger partial charge in [0.05, 0.1) is 11.9 Å². The lowest BCUT2D eigenvalue weighted by Crippen LogP contribution is -2.35. The molecule has 1 aromatic carbocycles. The van der Waals surface area contributed by atoms with Crippen LogP contribution in [0, 0.1) is 6.92 Å². The summed E-state index contributed by atoms with van der Waals surface area (Å²) >= 11 is 4.80. The highest BCUT2D eigenvalue weighted by atomic mass is 79.9. The minimum atomic E-state index is -0.399. The molecule has 1 heterocycles. The second-order valence-corrected chi connectivity index (χ2v) is 7.23. The van der Waals surface area contributed by atoms with Gasteiger partial charge in [-0.15, -0.1) is 11.8 Å². The van der Waals surface area contributed by atoms with Crippen molar-refractivity contribution >= 4 is 39.6 Å². The van der Waals surface area contributed by atoms with Crippen molar-refractivity contribution in [3.05, 3.63) is 28.2 Å². The molecule has 5 nitrogen and oxygen atoms in total. The summed E-state index contributed by atoms with van der Waals surface area (Å²) in [5.74, 6) is -0.509. The predicted octanol–water partition coefficient (Wildman–Crippen LogP) is 2.69. The Labute approximate surface area is 148 Å². The van der Waals surface area contributed by atoms with Gasteiger partial charge < -0.3 is 14.8 Å². The molecular weight excluding hydrogens is 382 g/mol. The first-order valence-electron chi connectivity index (χ1n) is 7.47. The van der Waals surface area contributed by atoms with Crippen LogP contribution in [0.15, 0.2) is 27.6 Å². The highest BCUT2D eigenvalue weighted by Gasteiger charge is 2.16. The number of hydrogen-bond donors (Lipinski definition) is 1. The molecule has 0 aromatic heterocycles. The van der Waals surface area contributed by atoms with Gasteiger partial charge in [0.2, 0.25) is 0 Å². The van der Waals surface area contributed by atoms with Gasteiger partial charge in [0.25, 0.3) is 5.91 Å². The fourth-order valence-corrected chi connectivity index (χ4v) is 3.47. The zero-order valence-electron chi connectivity index (χ0n) is 13.0. The Morgan fingerprint density at radius 3 is 3.00 bits per heavy atom. The number of halogens is 1. The van der Waals surface area contributed by atoms with Gasteiger partial charge in [-0.2, -0.15) is 0 Å². The van der Waals surface area contributed by atoms with Crippen LogP contribution in [0.3, 0.4) is 0 Å². The summed E-state index contributed by atoms with van der Waals surface area (Å²) in [6.07, 6.45) is 2.08. The molecule has 1 unspecified atom stereocenters. The molecule has 126 valence electrons. The van der Waals surface area contributed by atoms with Gasteiger partial charge in [0.1, 0.15) is 0 Å². The van der Waals surface area contributed by atoms with E-state index in [0.717, 1.165) is 34.4 Å². The molecule has 0 bridgehead atoms. The van der Waals surface area contributed by atoms with E-state index < -0.39 is 5.97 Å². The summed E-state index contributed by atoms with van der Waals surface area (Å²) in [6.45, 7) is 2.97. The summed E-state index contributed by atoms with van der Waals surface area (Å²) in [6, 6.07) is 5.87. The quantitative estimate of drug-likeness (QED) is 0.561. The predicted molar refractivity (Wildman–Crippen MR) is 92.5 cm³/mol. The van der Waals surface area contributed by atoms with Crippen LogP contribution in [0.2, 0.25) is 0 Å². The molecule has 1 aromatic rings. The third kappa shape index (κ3) is 6.53. The van der Waals surface area contributed by atoms with Gasteiger partial charge in [-0.25, -0.2) is 0 Å². The van der Waals surface area contributed by atoms with Gasteiger partial charge in [-0.05, 0) is 43.5 Å². The summed E-state index contributed by atoms with van der Waals surface area (Å²) in [7, 11) is 0. The normalized spacial score (nSPS) is 17.0. The maximum Gasteiger partial charge on any atom is 0.316 e. The Morgan fingerprint density at radius 1 is 1.48 bits per heavy atom. The smallest absolute Gasteiger partial charge is 0.316 e. The van der Waals surface area contributed by atoms with Gasteiger partial charge in [0.15, 0.2) is 6.61 Å².